The highest BCUT2D eigenvalue weighted by Crippen LogP contribution is 2.35. The molecule has 1 aromatic carbocycles. The summed E-state index contributed by atoms with van der Waals surface area (Å²) in [4.78, 5) is 15.9. The van der Waals surface area contributed by atoms with Crippen LogP contribution in [0.3, 0.4) is 0 Å². The van der Waals surface area contributed by atoms with E-state index in [1.54, 1.807) is 0 Å². The van der Waals surface area contributed by atoms with Gasteiger partial charge in [0.1, 0.15) is 0 Å². The van der Waals surface area contributed by atoms with E-state index in [9.17, 15) is 4.79 Å². The monoisotopic (exact) mass is 321 g/mol. The number of para-hydroxylation sites is 1. The summed E-state index contributed by atoms with van der Waals surface area (Å²) in [7, 11) is 2.05. The molecule has 4 heterocycles. The summed E-state index contributed by atoms with van der Waals surface area (Å²) in [5.41, 5.74) is 2.36. The first-order valence-corrected chi connectivity index (χ1v) is 9.04. The van der Waals surface area contributed by atoms with Crippen molar-refractivity contribution in [2.75, 3.05) is 19.6 Å². The van der Waals surface area contributed by atoms with E-state index in [1.165, 1.54) is 19.4 Å². The summed E-state index contributed by atoms with van der Waals surface area (Å²) >= 11 is 0. The smallest absolute Gasteiger partial charge is 0.260 e. The van der Waals surface area contributed by atoms with E-state index in [0.717, 1.165) is 41.3 Å². The lowest BCUT2D eigenvalue weighted by Gasteiger charge is -2.43. The lowest BCUT2D eigenvalue weighted by atomic mass is 9.84. The normalized spacial score (nSPS) is 27.0. The average Bonchev–Trinajstić information content (AvgIpc) is 2.90. The van der Waals surface area contributed by atoms with Crippen molar-refractivity contribution < 1.29 is 0 Å². The van der Waals surface area contributed by atoms with Gasteiger partial charge < -0.3 is 14.0 Å². The van der Waals surface area contributed by atoms with Crippen molar-refractivity contribution in [3.63, 3.8) is 0 Å². The molecule has 2 fully saturated rings. The number of piperidine rings is 2. The van der Waals surface area contributed by atoms with Gasteiger partial charge in [-0.3, -0.25) is 4.79 Å². The standard InChI is InChI=1S/C20H23N3O/c1-21-17-7-3-2-6-15(17)19-18(21)9-12-23(20(19)24)16-8-11-22-10-4-5-14(16)13-22/h2-3,6-7,9,12,14,16H,4-5,8,10-11,13H2,1H3. The summed E-state index contributed by atoms with van der Waals surface area (Å²) in [6.07, 6.45) is 5.66. The highest BCUT2D eigenvalue weighted by molar-refractivity contribution is 6.07. The van der Waals surface area contributed by atoms with Crippen LogP contribution in [0, 0.1) is 5.92 Å². The van der Waals surface area contributed by atoms with E-state index in [2.05, 4.69) is 27.7 Å². The Morgan fingerprint density at radius 3 is 2.83 bits per heavy atom. The van der Waals surface area contributed by atoms with Crippen LogP contribution in [0.2, 0.25) is 0 Å². The van der Waals surface area contributed by atoms with E-state index in [4.69, 9.17) is 0 Å². The van der Waals surface area contributed by atoms with Gasteiger partial charge in [0.05, 0.1) is 10.9 Å². The van der Waals surface area contributed by atoms with Gasteiger partial charge in [-0.05, 0) is 43.9 Å². The van der Waals surface area contributed by atoms with Crippen LogP contribution < -0.4 is 5.56 Å². The molecule has 2 aliphatic heterocycles. The first-order chi connectivity index (χ1) is 11.7. The maximum atomic E-state index is 13.4. The van der Waals surface area contributed by atoms with Gasteiger partial charge in [0.25, 0.3) is 5.56 Å². The molecule has 2 aromatic heterocycles. The number of hydrogen-bond donors (Lipinski definition) is 0. The Morgan fingerprint density at radius 2 is 1.92 bits per heavy atom. The maximum Gasteiger partial charge on any atom is 0.260 e. The fourth-order valence-electron chi connectivity index (χ4n) is 4.97. The molecule has 0 spiro atoms. The van der Waals surface area contributed by atoms with Gasteiger partial charge in [-0.15, -0.1) is 0 Å². The molecule has 0 saturated carbocycles. The molecule has 24 heavy (non-hydrogen) atoms. The minimum Gasteiger partial charge on any atom is -0.343 e. The molecule has 0 N–H and O–H groups in total. The fraction of sp³-hybridized carbons (Fsp3) is 0.450. The minimum atomic E-state index is 0.188. The third kappa shape index (κ3) is 1.92. The Hall–Kier alpha value is -2.07. The molecule has 0 radical (unpaired) electrons. The second kappa shape index (κ2) is 5.21. The van der Waals surface area contributed by atoms with Crippen molar-refractivity contribution in [1.82, 2.24) is 14.0 Å². The van der Waals surface area contributed by atoms with E-state index >= 15 is 0 Å². The maximum absolute atomic E-state index is 13.4. The van der Waals surface area contributed by atoms with Crippen LogP contribution in [0.4, 0.5) is 0 Å². The second-order valence-electron chi connectivity index (χ2n) is 7.42. The van der Waals surface area contributed by atoms with Crippen molar-refractivity contribution in [2.45, 2.75) is 25.3 Å². The van der Waals surface area contributed by atoms with Gasteiger partial charge in [0, 0.05) is 43.3 Å². The predicted octanol–water partition coefficient (Wildman–Crippen LogP) is 3.15. The van der Waals surface area contributed by atoms with E-state index in [1.807, 2.05) is 29.9 Å². The summed E-state index contributed by atoms with van der Waals surface area (Å²) in [5, 5.41) is 1.96. The van der Waals surface area contributed by atoms with Crippen LogP contribution in [0.25, 0.3) is 21.8 Å². The number of nitrogens with zero attached hydrogens (tertiary/aromatic N) is 3. The number of benzene rings is 1. The molecule has 3 unspecified atom stereocenters. The van der Waals surface area contributed by atoms with E-state index in [0.29, 0.717) is 12.0 Å². The Labute approximate surface area is 141 Å². The highest BCUT2D eigenvalue weighted by Gasteiger charge is 2.33. The molecule has 0 aliphatic carbocycles. The molecular weight excluding hydrogens is 298 g/mol. The Kier molecular flexibility index (Phi) is 3.10. The van der Waals surface area contributed by atoms with Crippen molar-refractivity contribution in [3.8, 4) is 0 Å². The zero-order valence-corrected chi connectivity index (χ0v) is 14.1. The van der Waals surface area contributed by atoms with Crippen molar-refractivity contribution in [1.29, 1.82) is 0 Å². The van der Waals surface area contributed by atoms with Gasteiger partial charge in [0.2, 0.25) is 0 Å². The van der Waals surface area contributed by atoms with Gasteiger partial charge in [-0.1, -0.05) is 18.2 Å². The molecule has 0 amide bonds. The van der Waals surface area contributed by atoms with Crippen LogP contribution in [0.5, 0.6) is 0 Å². The molecule has 2 saturated heterocycles. The Balaban J connectivity index is 1.71. The zero-order chi connectivity index (χ0) is 16.3. The minimum absolute atomic E-state index is 0.188. The molecular formula is C20H23N3O. The molecule has 2 bridgehead atoms. The van der Waals surface area contributed by atoms with Gasteiger partial charge in [-0.25, -0.2) is 0 Å². The van der Waals surface area contributed by atoms with Crippen molar-refractivity contribution >= 4 is 21.8 Å². The topological polar surface area (TPSA) is 30.2 Å². The number of hydrogen-bond acceptors (Lipinski definition) is 2. The van der Waals surface area contributed by atoms with Gasteiger partial charge in [0.15, 0.2) is 0 Å². The van der Waals surface area contributed by atoms with Gasteiger partial charge >= 0.3 is 0 Å². The van der Waals surface area contributed by atoms with Crippen LogP contribution in [0.1, 0.15) is 25.3 Å². The number of pyridine rings is 1. The molecule has 124 valence electrons. The lowest BCUT2D eigenvalue weighted by Crippen LogP contribution is -2.46. The van der Waals surface area contributed by atoms with Crippen molar-refractivity contribution in [3.05, 3.63) is 46.9 Å². The zero-order valence-electron chi connectivity index (χ0n) is 14.1. The summed E-state index contributed by atoms with van der Waals surface area (Å²) in [6, 6.07) is 10.7. The quantitative estimate of drug-likeness (QED) is 0.689. The number of rotatable bonds is 1. The number of aryl methyl sites for hydroxylation is 1. The highest BCUT2D eigenvalue weighted by atomic mass is 16.1. The SMILES string of the molecule is Cn1c2ccccc2c2c(=O)n(C3CCN4CCCC3C4)ccc21. The summed E-state index contributed by atoms with van der Waals surface area (Å²) < 4.78 is 4.18. The molecule has 4 nitrogen and oxygen atoms in total. The summed E-state index contributed by atoms with van der Waals surface area (Å²) in [5.74, 6) is 0.623. The average molecular weight is 321 g/mol. The largest absolute Gasteiger partial charge is 0.343 e. The van der Waals surface area contributed by atoms with E-state index in [-0.39, 0.29) is 5.56 Å². The van der Waals surface area contributed by atoms with Crippen LogP contribution in [-0.4, -0.2) is 33.7 Å². The predicted molar refractivity (Wildman–Crippen MR) is 97.5 cm³/mol. The first-order valence-electron chi connectivity index (χ1n) is 9.04. The van der Waals surface area contributed by atoms with Crippen LogP contribution in [0.15, 0.2) is 41.3 Å². The molecule has 3 aromatic rings. The molecule has 5 rings (SSSR count). The first kappa shape index (κ1) is 14.3. The van der Waals surface area contributed by atoms with Gasteiger partial charge in [-0.2, -0.15) is 0 Å². The fourth-order valence-corrected chi connectivity index (χ4v) is 4.97. The van der Waals surface area contributed by atoms with E-state index < -0.39 is 0 Å². The molecule has 3 atom stereocenters. The third-order valence-electron chi connectivity index (χ3n) is 6.18. The number of fused-ring (bicyclic) bond motifs is 5. The lowest BCUT2D eigenvalue weighted by molar-refractivity contribution is 0.0775. The molecule has 4 heteroatoms. The van der Waals surface area contributed by atoms with Crippen LogP contribution in [-0.2, 0) is 7.05 Å². The van der Waals surface area contributed by atoms with Crippen LogP contribution >= 0.6 is 0 Å². The third-order valence-corrected chi connectivity index (χ3v) is 6.18. The second-order valence-corrected chi connectivity index (χ2v) is 7.42. The van der Waals surface area contributed by atoms with Crippen molar-refractivity contribution in [2.24, 2.45) is 13.0 Å². The number of aromatic nitrogens is 2. The Bertz CT molecular complexity index is 984. The molecule has 2 aliphatic rings. The summed E-state index contributed by atoms with van der Waals surface area (Å²) in [6.45, 7) is 3.52. The Morgan fingerprint density at radius 1 is 1.04 bits per heavy atom.